The third-order valence-corrected chi connectivity index (χ3v) is 16.7. The van der Waals surface area contributed by atoms with Crippen molar-refractivity contribution in [2.45, 2.75) is 173 Å². The molecule has 0 radical (unpaired) electrons. The molecule has 0 aliphatic heterocycles. The molecule has 12 heteroatoms. The summed E-state index contributed by atoms with van der Waals surface area (Å²) >= 11 is 0. The summed E-state index contributed by atoms with van der Waals surface area (Å²) in [5.41, 5.74) is 0.257. The van der Waals surface area contributed by atoms with Crippen LogP contribution >= 0.6 is 0 Å². The predicted octanol–water partition coefficient (Wildman–Crippen LogP) is 7.95. The summed E-state index contributed by atoms with van der Waals surface area (Å²) in [7, 11) is -3.62. The standard InChI is InChI=1S/C39H83NO8Si3/c1-35(2)38(43)47-27-26-46-33-37(42)32-44-24-17-12-11-13-18-30-51(9,10)48-39(3,4)34-50(7,8)29-20-25-45-31-36(41)21-15-14-16-22-40-23-19-28-49(5)6/h36-37,40-42,49H,1,11-34H2,2-10H3. The van der Waals surface area contributed by atoms with E-state index >= 15 is 0 Å². The van der Waals surface area contributed by atoms with Gasteiger partial charge in [0.05, 0.1) is 40.6 Å². The minimum atomic E-state index is -1.77. The molecular formula is C39H83NO8Si3. The summed E-state index contributed by atoms with van der Waals surface area (Å²) in [5, 5.41) is 23.9. The highest BCUT2D eigenvalue weighted by atomic mass is 28.4. The smallest absolute Gasteiger partial charge is 0.333 e. The van der Waals surface area contributed by atoms with Gasteiger partial charge in [0.15, 0.2) is 8.32 Å². The van der Waals surface area contributed by atoms with Gasteiger partial charge in [0.25, 0.3) is 0 Å². The third-order valence-electron chi connectivity index (χ3n) is 8.93. The van der Waals surface area contributed by atoms with E-state index in [-0.39, 0.29) is 38.1 Å². The molecule has 0 saturated heterocycles. The second kappa shape index (κ2) is 29.9. The van der Waals surface area contributed by atoms with Gasteiger partial charge in [-0.15, -0.1) is 0 Å². The maximum absolute atomic E-state index is 11.3. The molecule has 0 spiro atoms. The Kier molecular flexibility index (Phi) is 29.6. The fourth-order valence-electron chi connectivity index (χ4n) is 6.69. The van der Waals surface area contributed by atoms with Crippen LogP contribution in [-0.2, 0) is 28.2 Å². The van der Waals surface area contributed by atoms with Crippen molar-refractivity contribution >= 4 is 31.2 Å². The molecule has 304 valence electrons. The molecular weight excluding hydrogens is 695 g/mol. The Morgan fingerprint density at radius 3 is 1.98 bits per heavy atom. The number of esters is 1. The second-order valence-corrected chi connectivity index (χ2v) is 29.9. The van der Waals surface area contributed by atoms with E-state index in [2.05, 4.69) is 65.0 Å². The largest absolute Gasteiger partial charge is 0.460 e. The van der Waals surface area contributed by atoms with Crippen molar-refractivity contribution in [3.05, 3.63) is 12.2 Å². The molecule has 0 bridgehead atoms. The molecule has 2 unspecified atom stereocenters. The zero-order chi connectivity index (χ0) is 38.6. The normalized spacial score (nSPS) is 13.9. The lowest BCUT2D eigenvalue weighted by Crippen LogP contribution is -2.45. The van der Waals surface area contributed by atoms with Crippen molar-refractivity contribution in [2.75, 3.05) is 59.3 Å². The van der Waals surface area contributed by atoms with Crippen molar-refractivity contribution < 1.29 is 38.4 Å². The van der Waals surface area contributed by atoms with E-state index in [0.717, 1.165) is 57.8 Å². The fourth-order valence-corrected chi connectivity index (χ4v) is 14.3. The first-order chi connectivity index (χ1) is 23.9. The second-order valence-electron chi connectivity index (χ2n) is 17.2. The molecule has 0 aromatic rings. The number of hydrogen-bond donors (Lipinski definition) is 3. The van der Waals surface area contributed by atoms with E-state index in [1.54, 1.807) is 6.92 Å². The number of aliphatic hydroxyl groups is 2. The summed E-state index contributed by atoms with van der Waals surface area (Å²) in [5.74, 6) is -0.433. The van der Waals surface area contributed by atoms with Crippen LogP contribution in [0.15, 0.2) is 12.2 Å². The number of unbranched alkanes of at least 4 members (excludes halogenated alkanes) is 6. The third kappa shape index (κ3) is 33.9. The van der Waals surface area contributed by atoms with Gasteiger partial charge in [0.2, 0.25) is 0 Å². The van der Waals surface area contributed by atoms with Crippen molar-refractivity contribution in [1.82, 2.24) is 5.32 Å². The monoisotopic (exact) mass is 778 g/mol. The van der Waals surface area contributed by atoms with E-state index in [9.17, 15) is 15.0 Å². The minimum Gasteiger partial charge on any atom is -0.460 e. The molecule has 0 aliphatic carbocycles. The summed E-state index contributed by atoms with van der Waals surface area (Å²) in [6.07, 6.45) is 11.3. The quantitative estimate of drug-likeness (QED) is 0.0252. The van der Waals surface area contributed by atoms with Crippen LogP contribution in [0.25, 0.3) is 0 Å². The van der Waals surface area contributed by atoms with Crippen molar-refractivity contribution in [1.29, 1.82) is 0 Å². The van der Waals surface area contributed by atoms with E-state index in [0.29, 0.717) is 18.8 Å². The van der Waals surface area contributed by atoms with Crippen LogP contribution in [0.4, 0.5) is 0 Å². The summed E-state index contributed by atoms with van der Waals surface area (Å²) in [4.78, 5) is 11.3. The van der Waals surface area contributed by atoms with E-state index in [4.69, 9.17) is 23.4 Å². The molecule has 51 heavy (non-hydrogen) atoms. The van der Waals surface area contributed by atoms with Gasteiger partial charge >= 0.3 is 5.97 Å². The van der Waals surface area contributed by atoms with Gasteiger partial charge < -0.3 is 38.9 Å². The minimum absolute atomic E-state index is 0.0992. The number of rotatable bonds is 36. The van der Waals surface area contributed by atoms with Gasteiger partial charge in [-0.3, -0.25) is 0 Å². The van der Waals surface area contributed by atoms with Gasteiger partial charge in [0, 0.05) is 33.2 Å². The Bertz CT molecular complexity index is 875. The van der Waals surface area contributed by atoms with Crippen LogP contribution in [-0.4, -0.2) is 119 Å². The molecule has 2 atom stereocenters. The predicted molar refractivity (Wildman–Crippen MR) is 222 cm³/mol. The maximum Gasteiger partial charge on any atom is 0.333 e. The van der Waals surface area contributed by atoms with Crippen LogP contribution in [0.1, 0.15) is 91.4 Å². The SMILES string of the molecule is C=C(C)C(=O)OCCOCC(O)COCCCCCCC[Si](C)(C)OC(C)(C)C[Si](C)(C)CCCOCC(O)CCCCCNCCC[SiH](C)C. The number of aliphatic hydroxyl groups excluding tert-OH is 2. The number of carbonyl (C=O) groups is 1. The van der Waals surface area contributed by atoms with E-state index < -0.39 is 37.3 Å². The molecule has 0 amide bonds. The first-order valence-electron chi connectivity index (χ1n) is 20.3. The van der Waals surface area contributed by atoms with Gasteiger partial charge in [-0.25, -0.2) is 4.79 Å². The Balaban J connectivity index is 3.91. The van der Waals surface area contributed by atoms with Crippen LogP contribution in [0.3, 0.4) is 0 Å². The molecule has 0 saturated carbocycles. The Labute approximate surface area is 318 Å². The van der Waals surface area contributed by atoms with E-state index in [1.807, 2.05) is 0 Å². The first-order valence-corrected chi connectivity index (χ1v) is 29.9. The van der Waals surface area contributed by atoms with Crippen molar-refractivity contribution in [2.24, 2.45) is 0 Å². The van der Waals surface area contributed by atoms with Gasteiger partial charge in [-0.05, 0) is 91.1 Å². The first kappa shape index (κ1) is 50.6. The van der Waals surface area contributed by atoms with Gasteiger partial charge in [-0.1, -0.05) is 83.4 Å². The zero-order valence-corrected chi connectivity index (χ0v) is 37.9. The van der Waals surface area contributed by atoms with Gasteiger partial charge in [-0.2, -0.15) is 0 Å². The summed E-state index contributed by atoms with van der Waals surface area (Å²) < 4.78 is 28.6. The van der Waals surface area contributed by atoms with Crippen molar-refractivity contribution in [3.8, 4) is 0 Å². The summed E-state index contributed by atoms with van der Waals surface area (Å²) in [6.45, 7) is 29.1. The highest BCUT2D eigenvalue weighted by Crippen LogP contribution is 2.32. The van der Waals surface area contributed by atoms with Crippen LogP contribution in [0.5, 0.6) is 0 Å². The molecule has 9 nitrogen and oxygen atoms in total. The Hall–Kier alpha value is -0.419. The molecule has 0 aliphatic rings. The number of hydrogen-bond acceptors (Lipinski definition) is 9. The molecule has 3 N–H and O–H groups in total. The number of ether oxygens (including phenoxy) is 4. The topological polar surface area (TPSA) is 116 Å². The molecule has 0 fully saturated rings. The lowest BCUT2D eigenvalue weighted by molar-refractivity contribution is -0.140. The Morgan fingerprint density at radius 2 is 1.31 bits per heavy atom. The molecule has 0 aromatic heterocycles. The lowest BCUT2D eigenvalue weighted by atomic mass is 10.1. The summed E-state index contributed by atoms with van der Waals surface area (Å²) in [6, 6.07) is 4.98. The highest BCUT2D eigenvalue weighted by Gasteiger charge is 2.36. The van der Waals surface area contributed by atoms with Gasteiger partial charge in [0.1, 0.15) is 12.7 Å². The molecule has 0 aromatic carbocycles. The molecule has 0 rings (SSSR count). The highest BCUT2D eigenvalue weighted by molar-refractivity contribution is 6.77. The van der Waals surface area contributed by atoms with Crippen LogP contribution in [0, 0.1) is 0 Å². The average molecular weight is 778 g/mol. The zero-order valence-electron chi connectivity index (χ0n) is 34.8. The lowest BCUT2D eigenvalue weighted by Gasteiger charge is -2.40. The fraction of sp³-hybridized carbons (Fsp3) is 0.923. The maximum atomic E-state index is 11.3. The number of carbonyl (C=O) groups excluding carboxylic acids is 1. The van der Waals surface area contributed by atoms with Crippen LogP contribution in [0.2, 0.25) is 63.5 Å². The van der Waals surface area contributed by atoms with Crippen molar-refractivity contribution in [3.63, 3.8) is 0 Å². The average Bonchev–Trinajstić information content (AvgIpc) is 3.01. The van der Waals surface area contributed by atoms with E-state index in [1.165, 1.54) is 56.7 Å². The Morgan fingerprint density at radius 1 is 0.745 bits per heavy atom. The number of nitrogens with one attached hydrogen (secondary N) is 1. The molecule has 0 heterocycles. The van der Waals surface area contributed by atoms with Crippen LogP contribution < -0.4 is 5.32 Å².